The topological polar surface area (TPSA) is 40.7 Å². The zero-order valence-corrected chi connectivity index (χ0v) is 9.96. The van der Waals surface area contributed by atoms with Crippen LogP contribution in [0.25, 0.3) is 16.6 Å². The fraction of sp³-hybridized carbons (Fsp3) is 0.308. The van der Waals surface area contributed by atoms with Gasteiger partial charge in [0.1, 0.15) is 5.65 Å². The van der Waals surface area contributed by atoms with E-state index in [0.29, 0.717) is 17.8 Å². The number of rotatable bonds is 1. The average Bonchev–Trinajstić information content (AvgIpc) is 2.82. The lowest BCUT2D eigenvalue weighted by atomic mass is 9.96. The first-order valence-corrected chi connectivity index (χ1v) is 5.96. The smallest absolute Gasteiger partial charge is 0.346 e. The molecular formula is C13H12F3N3. The summed E-state index contributed by atoms with van der Waals surface area (Å²) < 4.78 is 38.3. The third-order valence-electron chi connectivity index (χ3n) is 3.30. The van der Waals surface area contributed by atoms with Gasteiger partial charge >= 0.3 is 6.18 Å². The molecule has 1 aliphatic heterocycles. The molecule has 0 aliphatic carbocycles. The third kappa shape index (κ3) is 2.23. The number of pyridine rings is 1. The molecule has 3 heterocycles. The van der Waals surface area contributed by atoms with Gasteiger partial charge in [0, 0.05) is 36.4 Å². The van der Waals surface area contributed by atoms with Crippen LogP contribution in [0, 0.1) is 5.92 Å². The van der Waals surface area contributed by atoms with Gasteiger partial charge in [0.05, 0.1) is 5.92 Å². The Labute approximate surface area is 107 Å². The predicted octanol–water partition coefficient (Wildman–Crippen LogP) is 2.73. The van der Waals surface area contributed by atoms with Crippen molar-refractivity contribution < 1.29 is 13.2 Å². The highest BCUT2D eigenvalue weighted by Gasteiger charge is 2.39. The standard InChI is InChI=1S/C13H12F3N3/c14-13(15,16)9-4-8(5-17-6-9)11-7-19-12-10(11)2-1-3-18-12/h1-4,7,9,17H,5-6H2,(H,18,19). The molecule has 3 nitrogen and oxygen atoms in total. The molecule has 0 bridgehead atoms. The van der Waals surface area contributed by atoms with Crippen molar-refractivity contribution in [2.45, 2.75) is 6.18 Å². The summed E-state index contributed by atoms with van der Waals surface area (Å²) in [5, 5.41) is 3.67. The summed E-state index contributed by atoms with van der Waals surface area (Å²) in [5.74, 6) is -1.43. The molecule has 2 N–H and O–H groups in total. The van der Waals surface area contributed by atoms with Gasteiger partial charge in [0.15, 0.2) is 0 Å². The maximum Gasteiger partial charge on any atom is 0.396 e. The maximum atomic E-state index is 12.8. The molecule has 0 radical (unpaired) electrons. The zero-order valence-electron chi connectivity index (χ0n) is 9.96. The van der Waals surface area contributed by atoms with Gasteiger partial charge in [0.2, 0.25) is 0 Å². The molecule has 0 aromatic carbocycles. The summed E-state index contributed by atoms with van der Waals surface area (Å²) in [5.41, 5.74) is 2.13. The van der Waals surface area contributed by atoms with Gasteiger partial charge in [-0.05, 0) is 17.7 Å². The Hall–Kier alpha value is -1.82. The van der Waals surface area contributed by atoms with Crippen molar-refractivity contribution >= 4 is 16.6 Å². The van der Waals surface area contributed by atoms with Crippen LogP contribution in [-0.4, -0.2) is 29.2 Å². The second kappa shape index (κ2) is 4.38. The molecule has 100 valence electrons. The summed E-state index contributed by atoms with van der Waals surface area (Å²) in [6.45, 7) is 0.377. The van der Waals surface area contributed by atoms with E-state index in [0.717, 1.165) is 10.9 Å². The fourth-order valence-corrected chi connectivity index (χ4v) is 2.34. The van der Waals surface area contributed by atoms with Gasteiger partial charge in [-0.1, -0.05) is 6.08 Å². The second-order valence-corrected chi connectivity index (χ2v) is 4.57. The Morgan fingerprint density at radius 3 is 2.95 bits per heavy atom. The lowest BCUT2D eigenvalue weighted by molar-refractivity contribution is -0.160. The number of aromatic amines is 1. The molecule has 0 saturated carbocycles. The summed E-state index contributed by atoms with van der Waals surface area (Å²) in [6.07, 6.45) is 0.466. The van der Waals surface area contributed by atoms with Crippen LogP contribution in [0.3, 0.4) is 0 Å². The largest absolute Gasteiger partial charge is 0.396 e. The van der Waals surface area contributed by atoms with Crippen LogP contribution in [0.4, 0.5) is 13.2 Å². The van der Waals surface area contributed by atoms with E-state index in [1.54, 1.807) is 18.5 Å². The number of hydrogen-bond acceptors (Lipinski definition) is 2. The van der Waals surface area contributed by atoms with Crippen LogP contribution in [0.1, 0.15) is 5.56 Å². The number of fused-ring (bicyclic) bond motifs is 1. The van der Waals surface area contributed by atoms with E-state index in [1.807, 2.05) is 6.07 Å². The monoisotopic (exact) mass is 267 g/mol. The van der Waals surface area contributed by atoms with Gasteiger partial charge in [-0.3, -0.25) is 0 Å². The normalized spacial score (nSPS) is 20.6. The molecular weight excluding hydrogens is 255 g/mol. The third-order valence-corrected chi connectivity index (χ3v) is 3.30. The van der Waals surface area contributed by atoms with Crippen molar-refractivity contribution in [1.29, 1.82) is 0 Å². The van der Waals surface area contributed by atoms with Crippen molar-refractivity contribution in [3.8, 4) is 0 Å². The Kier molecular flexibility index (Phi) is 2.82. The molecule has 1 unspecified atom stereocenters. The fourth-order valence-electron chi connectivity index (χ4n) is 2.34. The van der Waals surface area contributed by atoms with Crippen LogP contribution < -0.4 is 5.32 Å². The van der Waals surface area contributed by atoms with Crippen molar-refractivity contribution in [3.05, 3.63) is 36.2 Å². The number of H-pyrrole nitrogens is 1. The number of alkyl halides is 3. The minimum atomic E-state index is -4.21. The number of nitrogens with one attached hydrogen (secondary N) is 2. The molecule has 0 fully saturated rings. The molecule has 1 aliphatic rings. The van der Waals surface area contributed by atoms with E-state index in [1.165, 1.54) is 6.08 Å². The number of nitrogens with zero attached hydrogens (tertiary/aromatic N) is 1. The van der Waals surface area contributed by atoms with Crippen LogP contribution in [0.15, 0.2) is 30.6 Å². The van der Waals surface area contributed by atoms with Crippen molar-refractivity contribution in [2.24, 2.45) is 5.92 Å². The van der Waals surface area contributed by atoms with E-state index < -0.39 is 12.1 Å². The summed E-state index contributed by atoms with van der Waals surface area (Å²) >= 11 is 0. The van der Waals surface area contributed by atoms with Crippen molar-refractivity contribution in [3.63, 3.8) is 0 Å². The minimum absolute atomic E-state index is 0.0619. The van der Waals surface area contributed by atoms with Gasteiger partial charge in [-0.15, -0.1) is 0 Å². The molecule has 6 heteroatoms. The van der Waals surface area contributed by atoms with E-state index in [2.05, 4.69) is 15.3 Å². The van der Waals surface area contributed by atoms with Crippen LogP contribution >= 0.6 is 0 Å². The number of hydrogen-bond donors (Lipinski definition) is 2. The van der Waals surface area contributed by atoms with Crippen LogP contribution in [-0.2, 0) is 0 Å². The van der Waals surface area contributed by atoms with Crippen molar-refractivity contribution in [1.82, 2.24) is 15.3 Å². The summed E-state index contributed by atoms with van der Waals surface area (Å²) in [4.78, 5) is 7.12. The molecule has 2 aromatic heterocycles. The van der Waals surface area contributed by atoms with Crippen LogP contribution in [0.2, 0.25) is 0 Å². The van der Waals surface area contributed by atoms with E-state index >= 15 is 0 Å². The predicted molar refractivity (Wildman–Crippen MR) is 66.5 cm³/mol. The minimum Gasteiger partial charge on any atom is -0.346 e. The highest BCUT2D eigenvalue weighted by Crippen LogP contribution is 2.33. The lowest BCUT2D eigenvalue weighted by Gasteiger charge is -2.24. The Bertz CT molecular complexity index is 627. The van der Waals surface area contributed by atoms with Gasteiger partial charge < -0.3 is 10.3 Å². The van der Waals surface area contributed by atoms with Gasteiger partial charge in [-0.2, -0.15) is 13.2 Å². The first kappa shape index (κ1) is 12.2. The molecule has 1 atom stereocenters. The second-order valence-electron chi connectivity index (χ2n) is 4.57. The number of halogens is 3. The molecule has 19 heavy (non-hydrogen) atoms. The SMILES string of the molecule is FC(F)(F)C1C=C(c2c[nH]c3ncccc23)CNC1. The molecule has 0 amide bonds. The van der Waals surface area contributed by atoms with E-state index in [9.17, 15) is 13.2 Å². The zero-order chi connectivity index (χ0) is 13.5. The lowest BCUT2D eigenvalue weighted by Crippen LogP contribution is -2.36. The van der Waals surface area contributed by atoms with E-state index in [4.69, 9.17) is 0 Å². The number of aromatic nitrogens is 2. The highest BCUT2D eigenvalue weighted by atomic mass is 19.4. The quantitative estimate of drug-likeness (QED) is 0.834. The van der Waals surface area contributed by atoms with Gasteiger partial charge in [0.25, 0.3) is 0 Å². The van der Waals surface area contributed by atoms with Crippen LogP contribution in [0.5, 0.6) is 0 Å². The summed E-state index contributed by atoms with van der Waals surface area (Å²) in [6, 6.07) is 3.63. The molecule has 0 spiro atoms. The first-order chi connectivity index (χ1) is 9.05. The van der Waals surface area contributed by atoms with E-state index in [-0.39, 0.29) is 6.54 Å². The highest BCUT2D eigenvalue weighted by molar-refractivity contribution is 5.91. The Balaban J connectivity index is 2.04. The molecule has 2 aromatic rings. The Morgan fingerprint density at radius 2 is 2.16 bits per heavy atom. The Morgan fingerprint density at radius 1 is 1.32 bits per heavy atom. The maximum absolute atomic E-state index is 12.8. The van der Waals surface area contributed by atoms with Crippen molar-refractivity contribution in [2.75, 3.05) is 13.1 Å². The average molecular weight is 267 g/mol. The summed E-state index contributed by atoms with van der Waals surface area (Å²) in [7, 11) is 0. The first-order valence-electron chi connectivity index (χ1n) is 5.96. The molecule has 3 rings (SSSR count). The van der Waals surface area contributed by atoms with Gasteiger partial charge in [-0.25, -0.2) is 4.98 Å². The molecule has 0 saturated heterocycles.